The van der Waals surface area contributed by atoms with E-state index in [2.05, 4.69) is 10.3 Å². The van der Waals surface area contributed by atoms with Crippen molar-refractivity contribution in [2.45, 2.75) is 31.9 Å². The van der Waals surface area contributed by atoms with Gasteiger partial charge in [-0.25, -0.2) is 9.78 Å². The first-order valence-corrected chi connectivity index (χ1v) is 13.0. The van der Waals surface area contributed by atoms with E-state index >= 15 is 0 Å². The topological polar surface area (TPSA) is 50.2 Å². The van der Waals surface area contributed by atoms with Gasteiger partial charge in [-0.1, -0.05) is 42.0 Å². The Hall–Kier alpha value is -3.83. The molecule has 0 unspecified atom stereocenters. The first-order chi connectivity index (χ1) is 19.4. The number of carbonyl (C=O) groups is 1. The average molecular weight is 593 g/mol. The van der Waals surface area contributed by atoms with Crippen LogP contribution in [0.1, 0.15) is 33.5 Å². The van der Waals surface area contributed by atoms with Crippen molar-refractivity contribution in [3.05, 3.63) is 106 Å². The van der Waals surface area contributed by atoms with Gasteiger partial charge in [-0.15, -0.1) is 0 Å². The van der Waals surface area contributed by atoms with E-state index in [1.165, 1.54) is 35.0 Å². The van der Waals surface area contributed by atoms with Crippen molar-refractivity contribution in [1.82, 2.24) is 19.8 Å². The van der Waals surface area contributed by atoms with Crippen molar-refractivity contribution in [2.24, 2.45) is 0 Å². The van der Waals surface area contributed by atoms with Gasteiger partial charge in [0.15, 0.2) is 0 Å². The van der Waals surface area contributed by atoms with Crippen LogP contribution in [0.5, 0.6) is 0 Å². The quantitative estimate of drug-likeness (QED) is 0.192. The summed E-state index contributed by atoms with van der Waals surface area (Å²) in [5.74, 6) is 0. The smallest absolute Gasteiger partial charge is 0.333 e. The van der Waals surface area contributed by atoms with Crippen LogP contribution in [0.2, 0.25) is 5.15 Å². The van der Waals surface area contributed by atoms with E-state index in [1.54, 1.807) is 24.3 Å². The third-order valence-corrected chi connectivity index (χ3v) is 7.11. The molecule has 12 heteroatoms. The van der Waals surface area contributed by atoms with Gasteiger partial charge in [0, 0.05) is 49.9 Å². The van der Waals surface area contributed by atoms with Crippen molar-refractivity contribution in [1.29, 1.82) is 0 Å². The summed E-state index contributed by atoms with van der Waals surface area (Å²) in [4.78, 5) is 19.2. The number of halogens is 7. The Bertz CT molecular complexity index is 1610. The highest BCUT2D eigenvalue weighted by Crippen LogP contribution is 2.40. The van der Waals surface area contributed by atoms with E-state index in [4.69, 9.17) is 11.6 Å². The van der Waals surface area contributed by atoms with Crippen LogP contribution in [0, 0.1) is 0 Å². The zero-order chi connectivity index (χ0) is 29.4. The molecule has 2 aromatic heterocycles. The van der Waals surface area contributed by atoms with Gasteiger partial charge in [0.25, 0.3) is 0 Å². The number of carbonyl (C=O) groups excluding carboxylic acids is 1. The summed E-state index contributed by atoms with van der Waals surface area (Å²) < 4.78 is 82.0. The highest BCUT2D eigenvalue weighted by molar-refractivity contribution is 6.29. The molecular formula is C29H23ClF6N4O. The van der Waals surface area contributed by atoms with E-state index in [-0.39, 0.29) is 29.1 Å². The Morgan fingerprint density at radius 2 is 1.78 bits per heavy atom. The predicted molar refractivity (Wildman–Crippen MR) is 143 cm³/mol. The molecule has 0 spiro atoms. The second-order valence-corrected chi connectivity index (χ2v) is 10.00. The first kappa shape index (κ1) is 28.7. The molecule has 0 atom stereocenters. The number of fused-ring (bicyclic) bond motifs is 3. The second-order valence-electron chi connectivity index (χ2n) is 9.61. The summed E-state index contributed by atoms with van der Waals surface area (Å²) >= 11 is 5.91. The van der Waals surface area contributed by atoms with Crippen molar-refractivity contribution in [2.75, 3.05) is 13.1 Å². The number of aromatic nitrogens is 2. The van der Waals surface area contributed by atoms with Crippen LogP contribution < -0.4 is 5.32 Å². The molecule has 0 saturated heterocycles. The van der Waals surface area contributed by atoms with Crippen molar-refractivity contribution in [3.63, 3.8) is 0 Å². The van der Waals surface area contributed by atoms with Crippen molar-refractivity contribution < 1.29 is 31.1 Å². The number of nitrogens with zero attached hydrogens (tertiary/aromatic N) is 3. The van der Waals surface area contributed by atoms with Gasteiger partial charge < -0.3 is 5.32 Å². The molecule has 0 bridgehead atoms. The number of amides is 1. The van der Waals surface area contributed by atoms with Crippen LogP contribution in [0.4, 0.5) is 31.1 Å². The van der Waals surface area contributed by atoms with Crippen LogP contribution in [0.15, 0.2) is 66.9 Å². The van der Waals surface area contributed by atoms with Crippen molar-refractivity contribution in [3.8, 4) is 0 Å². The Kier molecular flexibility index (Phi) is 7.85. The van der Waals surface area contributed by atoms with Gasteiger partial charge in [-0.2, -0.15) is 26.3 Å². The molecule has 3 heterocycles. The van der Waals surface area contributed by atoms with Gasteiger partial charge in [0.1, 0.15) is 5.15 Å². The zero-order valence-corrected chi connectivity index (χ0v) is 22.1. The van der Waals surface area contributed by atoms with E-state index in [0.29, 0.717) is 41.9 Å². The molecule has 1 aliphatic heterocycles. The number of nitrogens with one attached hydrogen (secondary N) is 1. The van der Waals surface area contributed by atoms with E-state index < -0.39 is 29.5 Å². The van der Waals surface area contributed by atoms with Crippen LogP contribution in [0.3, 0.4) is 0 Å². The van der Waals surface area contributed by atoms with E-state index in [1.807, 2.05) is 4.90 Å². The molecule has 0 fully saturated rings. The summed E-state index contributed by atoms with van der Waals surface area (Å²) in [5, 5.41) is 3.00. The maximum atomic E-state index is 14.1. The molecule has 0 saturated carbocycles. The standard InChI is InChI=1S/C29H23ClF6N4O/c30-25-15-19(10-12-37-25)16-38-27(41)40-23-11-14-39(13-2-3-18-6-8-20(9-7-18)28(31,32)33)17-21(23)26-22(29(34,35)36)4-1-5-24(26)40/h1-10,12,15H,11,13-14,16-17H2,(H,38,41). The van der Waals surface area contributed by atoms with Crippen LogP contribution in [0.25, 0.3) is 17.0 Å². The lowest BCUT2D eigenvalue weighted by Gasteiger charge is -2.27. The lowest BCUT2D eigenvalue weighted by Crippen LogP contribution is -2.34. The fraction of sp³-hybridized carbons (Fsp3) is 0.241. The zero-order valence-electron chi connectivity index (χ0n) is 21.4. The molecule has 5 nitrogen and oxygen atoms in total. The van der Waals surface area contributed by atoms with E-state index in [0.717, 1.165) is 18.2 Å². The monoisotopic (exact) mass is 592 g/mol. The minimum absolute atomic E-state index is 0.0199. The normalized spacial score (nSPS) is 14.5. The van der Waals surface area contributed by atoms with Crippen LogP contribution in [-0.4, -0.2) is 33.6 Å². The molecule has 214 valence electrons. The largest absolute Gasteiger partial charge is 0.417 e. The molecule has 2 aromatic carbocycles. The maximum absolute atomic E-state index is 14.1. The lowest BCUT2D eigenvalue weighted by atomic mass is 10.0. The fourth-order valence-corrected chi connectivity index (χ4v) is 5.22. The average Bonchev–Trinajstić information content (AvgIpc) is 3.25. The second kappa shape index (κ2) is 11.2. The molecule has 41 heavy (non-hydrogen) atoms. The van der Waals surface area contributed by atoms with Crippen LogP contribution in [-0.2, 0) is 31.9 Å². The minimum Gasteiger partial charge on any atom is -0.333 e. The molecule has 4 aromatic rings. The summed E-state index contributed by atoms with van der Waals surface area (Å²) in [6, 6.07) is 11.2. The predicted octanol–water partition coefficient (Wildman–Crippen LogP) is 7.56. The van der Waals surface area contributed by atoms with Gasteiger partial charge in [-0.05, 0) is 53.1 Å². The Morgan fingerprint density at radius 1 is 1.02 bits per heavy atom. The van der Waals surface area contributed by atoms with Gasteiger partial charge in [0.05, 0.1) is 16.6 Å². The number of benzene rings is 2. The molecule has 5 rings (SSSR count). The molecular weight excluding hydrogens is 570 g/mol. The number of pyridine rings is 1. The number of hydrogen-bond acceptors (Lipinski definition) is 3. The van der Waals surface area contributed by atoms with Gasteiger partial charge >= 0.3 is 18.4 Å². The number of rotatable bonds is 5. The summed E-state index contributed by atoms with van der Waals surface area (Å²) in [6.07, 6.45) is -3.82. The Morgan fingerprint density at radius 3 is 2.46 bits per heavy atom. The molecule has 1 N–H and O–H groups in total. The molecule has 0 aliphatic carbocycles. The van der Waals surface area contributed by atoms with Gasteiger partial charge in [0.2, 0.25) is 0 Å². The lowest BCUT2D eigenvalue weighted by molar-refractivity contribution is -0.138. The molecule has 1 amide bonds. The highest BCUT2D eigenvalue weighted by Gasteiger charge is 2.37. The molecule has 1 aliphatic rings. The summed E-state index contributed by atoms with van der Waals surface area (Å²) in [7, 11) is 0. The van der Waals surface area contributed by atoms with Crippen LogP contribution >= 0.6 is 11.6 Å². The summed E-state index contributed by atoms with van der Waals surface area (Å²) in [6.45, 7) is 1.09. The Labute approximate surface area is 236 Å². The minimum atomic E-state index is -4.63. The SMILES string of the molecule is O=C(NCc1ccnc(Cl)c1)n1c2c(c3c(C(F)(F)F)cccc31)CN(CC=Cc1ccc(C(F)(F)F)cc1)CC2. The third kappa shape index (κ3) is 6.25. The van der Waals surface area contributed by atoms with Crippen molar-refractivity contribution >= 4 is 34.6 Å². The number of hydrogen-bond donors (Lipinski definition) is 1. The van der Waals surface area contributed by atoms with E-state index in [9.17, 15) is 31.1 Å². The molecule has 0 radical (unpaired) electrons. The number of alkyl halides is 6. The van der Waals surface area contributed by atoms with Gasteiger partial charge in [-0.3, -0.25) is 9.47 Å². The third-order valence-electron chi connectivity index (χ3n) is 6.91. The fourth-order valence-electron chi connectivity index (χ4n) is 5.02. The highest BCUT2D eigenvalue weighted by atomic mass is 35.5. The maximum Gasteiger partial charge on any atom is 0.417 e. The Balaban J connectivity index is 1.41. The first-order valence-electron chi connectivity index (χ1n) is 12.6. The summed E-state index contributed by atoms with van der Waals surface area (Å²) in [5.41, 5.74) is 0.778.